The van der Waals surface area contributed by atoms with Crippen molar-refractivity contribution in [1.29, 1.82) is 0 Å². The Bertz CT molecular complexity index is 1220. The molecule has 3 rings (SSSR count). The highest BCUT2D eigenvalue weighted by molar-refractivity contribution is 8.00. The number of thioether (sulfide) groups is 1. The summed E-state index contributed by atoms with van der Waals surface area (Å²) in [7, 11) is -3.60. The summed E-state index contributed by atoms with van der Waals surface area (Å²) in [5, 5.41) is 20.7. The highest BCUT2D eigenvalue weighted by atomic mass is 32.2. The van der Waals surface area contributed by atoms with Gasteiger partial charge in [-0.15, -0.1) is 27.0 Å². The molecular weight excluding hydrogens is 492 g/mol. The molecule has 1 aromatic carbocycles. The largest absolute Gasteiger partial charge is 0.301 e. The second kappa shape index (κ2) is 11.7. The third kappa shape index (κ3) is 6.73. The molecule has 12 heteroatoms. The molecule has 0 aliphatic heterocycles. The van der Waals surface area contributed by atoms with Gasteiger partial charge in [0.05, 0.1) is 10.1 Å². The fourth-order valence-corrected chi connectivity index (χ4v) is 6.31. The Kier molecular flexibility index (Phi) is 8.97. The van der Waals surface area contributed by atoms with Crippen LogP contribution in [0.1, 0.15) is 38.0 Å². The van der Waals surface area contributed by atoms with Crippen LogP contribution in [-0.4, -0.2) is 44.5 Å². The van der Waals surface area contributed by atoms with Crippen molar-refractivity contribution in [3.05, 3.63) is 53.8 Å². The van der Waals surface area contributed by atoms with Gasteiger partial charge in [0.25, 0.3) is 0 Å². The lowest BCUT2D eigenvalue weighted by molar-refractivity contribution is -0.115. The van der Waals surface area contributed by atoms with Crippen LogP contribution < -0.4 is 5.32 Å². The lowest BCUT2D eigenvalue weighted by Gasteiger charge is -2.14. The minimum atomic E-state index is -3.60. The van der Waals surface area contributed by atoms with E-state index in [-0.39, 0.29) is 16.6 Å². The van der Waals surface area contributed by atoms with Crippen molar-refractivity contribution in [2.75, 3.05) is 5.32 Å². The molecule has 0 spiro atoms. The maximum atomic E-state index is 12.9. The number of anilines is 1. The Hall–Kier alpha value is -2.57. The maximum absolute atomic E-state index is 12.9. The number of carbonyl (C=O) groups excluding carboxylic acids is 1. The molecule has 0 aliphatic rings. The molecule has 1 amide bonds. The van der Waals surface area contributed by atoms with Gasteiger partial charge in [-0.3, -0.25) is 10.1 Å². The van der Waals surface area contributed by atoms with Crippen molar-refractivity contribution in [3.63, 3.8) is 0 Å². The van der Waals surface area contributed by atoms with E-state index >= 15 is 0 Å². The molecule has 1 unspecified atom stereocenters. The van der Waals surface area contributed by atoms with E-state index in [2.05, 4.69) is 46.1 Å². The fraction of sp³-hybridized carbons (Fsp3) is 0.409. The van der Waals surface area contributed by atoms with Gasteiger partial charge in [-0.1, -0.05) is 68.1 Å². The third-order valence-electron chi connectivity index (χ3n) is 4.72. The Labute approximate surface area is 208 Å². The SMILES string of the molecule is C=CCn1c(CS(=O)(=O)c2ccccc2)nnc1SC(CC)C(=O)Nc1nnc(CC(C)C)s1. The Morgan fingerprint density at radius 1 is 1.21 bits per heavy atom. The van der Waals surface area contributed by atoms with E-state index in [1.54, 1.807) is 41.0 Å². The molecular formula is C22H28N6O3S3. The normalized spacial score (nSPS) is 12.6. The van der Waals surface area contributed by atoms with E-state index in [9.17, 15) is 13.2 Å². The van der Waals surface area contributed by atoms with Crippen LogP contribution in [0.15, 0.2) is 53.0 Å². The molecule has 1 N–H and O–H groups in total. The monoisotopic (exact) mass is 520 g/mol. The van der Waals surface area contributed by atoms with Crippen molar-refractivity contribution in [3.8, 4) is 0 Å². The topological polar surface area (TPSA) is 120 Å². The van der Waals surface area contributed by atoms with Crippen LogP contribution in [0.4, 0.5) is 5.13 Å². The molecule has 2 heterocycles. The van der Waals surface area contributed by atoms with Gasteiger partial charge in [0.2, 0.25) is 11.0 Å². The standard InChI is InChI=1S/C22H28N6O3S3/c1-5-12-28-18(14-34(30,31)16-10-8-7-9-11-16)24-27-22(28)32-17(6-2)20(29)23-21-26-25-19(33-21)13-15(3)4/h5,7-11,15,17H,1,6,12-14H2,2-4H3,(H,23,26,29). The number of nitrogens with zero attached hydrogens (tertiary/aromatic N) is 5. The van der Waals surface area contributed by atoms with Gasteiger partial charge < -0.3 is 4.57 Å². The van der Waals surface area contributed by atoms with Gasteiger partial charge in [0.15, 0.2) is 15.0 Å². The molecule has 2 aromatic heterocycles. The maximum Gasteiger partial charge on any atom is 0.239 e. The summed E-state index contributed by atoms with van der Waals surface area (Å²) < 4.78 is 27.4. The van der Waals surface area contributed by atoms with Crippen molar-refractivity contribution >= 4 is 44.0 Å². The van der Waals surface area contributed by atoms with Gasteiger partial charge in [-0.2, -0.15) is 0 Å². The number of hydrogen-bond acceptors (Lipinski definition) is 9. The quantitative estimate of drug-likeness (QED) is 0.281. The molecule has 0 bridgehead atoms. The number of nitrogens with one attached hydrogen (secondary N) is 1. The molecule has 9 nitrogen and oxygen atoms in total. The molecule has 0 saturated carbocycles. The Balaban J connectivity index is 1.75. The predicted octanol–water partition coefficient (Wildman–Crippen LogP) is 4.00. The summed E-state index contributed by atoms with van der Waals surface area (Å²) >= 11 is 2.60. The number of aromatic nitrogens is 5. The zero-order chi connectivity index (χ0) is 24.7. The molecule has 3 aromatic rings. The summed E-state index contributed by atoms with van der Waals surface area (Å²) in [5.74, 6) is 0.229. The minimum Gasteiger partial charge on any atom is -0.301 e. The van der Waals surface area contributed by atoms with E-state index in [1.165, 1.54) is 23.1 Å². The van der Waals surface area contributed by atoms with E-state index < -0.39 is 15.1 Å². The first kappa shape index (κ1) is 26.0. The first-order valence-corrected chi connectivity index (χ1v) is 14.2. The van der Waals surface area contributed by atoms with Crippen LogP contribution in [-0.2, 0) is 33.4 Å². The third-order valence-corrected chi connectivity index (χ3v) is 8.55. The van der Waals surface area contributed by atoms with Crippen LogP contribution in [0.3, 0.4) is 0 Å². The number of carbonyl (C=O) groups is 1. The number of sulfone groups is 1. The van der Waals surface area contributed by atoms with E-state index in [4.69, 9.17) is 0 Å². The lowest BCUT2D eigenvalue weighted by Crippen LogP contribution is -2.25. The molecule has 182 valence electrons. The van der Waals surface area contributed by atoms with Crippen LogP contribution in [0.2, 0.25) is 0 Å². The van der Waals surface area contributed by atoms with E-state index in [0.717, 1.165) is 11.4 Å². The summed E-state index contributed by atoms with van der Waals surface area (Å²) in [6.45, 7) is 10.2. The summed E-state index contributed by atoms with van der Waals surface area (Å²) in [5.41, 5.74) is 0. The van der Waals surface area contributed by atoms with Crippen LogP contribution in [0.25, 0.3) is 0 Å². The second-order valence-corrected chi connectivity index (χ2v) is 12.2. The summed E-state index contributed by atoms with van der Waals surface area (Å²) in [4.78, 5) is 13.1. The number of amides is 1. The number of allylic oxidation sites excluding steroid dienone is 1. The smallest absolute Gasteiger partial charge is 0.239 e. The molecule has 0 fully saturated rings. The molecule has 34 heavy (non-hydrogen) atoms. The van der Waals surface area contributed by atoms with Crippen molar-refractivity contribution < 1.29 is 13.2 Å². The fourth-order valence-electron chi connectivity index (χ4n) is 3.08. The van der Waals surface area contributed by atoms with Crippen LogP contribution in [0.5, 0.6) is 0 Å². The number of benzene rings is 1. The Morgan fingerprint density at radius 3 is 2.59 bits per heavy atom. The Morgan fingerprint density at radius 2 is 1.94 bits per heavy atom. The van der Waals surface area contributed by atoms with Gasteiger partial charge in [-0.05, 0) is 24.5 Å². The van der Waals surface area contributed by atoms with Crippen LogP contribution in [0, 0.1) is 5.92 Å². The molecule has 1 atom stereocenters. The van der Waals surface area contributed by atoms with Gasteiger partial charge in [0.1, 0.15) is 16.6 Å². The van der Waals surface area contributed by atoms with Crippen LogP contribution >= 0.6 is 23.1 Å². The van der Waals surface area contributed by atoms with Crippen molar-refractivity contribution in [2.24, 2.45) is 5.92 Å². The van der Waals surface area contributed by atoms with Gasteiger partial charge in [0, 0.05) is 13.0 Å². The van der Waals surface area contributed by atoms with Gasteiger partial charge >= 0.3 is 0 Å². The lowest BCUT2D eigenvalue weighted by atomic mass is 10.1. The zero-order valence-electron chi connectivity index (χ0n) is 19.3. The van der Waals surface area contributed by atoms with Gasteiger partial charge in [-0.25, -0.2) is 8.42 Å². The molecule has 0 aliphatic carbocycles. The van der Waals surface area contributed by atoms with Crippen molar-refractivity contribution in [2.45, 2.75) is 61.2 Å². The zero-order valence-corrected chi connectivity index (χ0v) is 21.8. The average Bonchev–Trinajstić information content (AvgIpc) is 3.38. The number of rotatable bonds is 12. The first-order valence-electron chi connectivity index (χ1n) is 10.8. The summed E-state index contributed by atoms with van der Waals surface area (Å²) in [6, 6.07) is 8.22. The summed E-state index contributed by atoms with van der Waals surface area (Å²) in [6.07, 6.45) is 2.98. The predicted molar refractivity (Wildman–Crippen MR) is 135 cm³/mol. The van der Waals surface area contributed by atoms with Crippen molar-refractivity contribution in [1.82, 2.24) is 25.0 Å². The second-order valence-electron chi connectivity index (χ2n) is 7.97. The highest BCUT2D eigenvalue weighted by Gasteiger charge is 2.25. The minimum absolute atomic E-state index is 0.216. The average molecular weight is 521 g/mol. The number of hydrogen-bond donors (Lipinski definition) is 1. The molecule has 0 radical (unpaired) electrons. The molecule has 0 saturated heterocycles. The van der Waals surface area contributed by atoms with E-state index in [0.29, 0.717) is 35.0 Å². The highest BCUT2D eigenvalue weighted by Crippen LogP contribution is 2.28. The van der Waals surface area contributed by atoms with E-state index in [1.807, 2.05) is 6.92 Å². The first-order chi connectivity index (χ1) is 16.2.